The molecule has 0 bridgehead atoms. The molecular formula is C24H32FN3O4S. The van der Waals surface area contributed by atoms with Gasteiger partial charge >= 0.3 is 0 Å². The number of para-hydroxylation sites is 1. The lowest BCUT2D eigenvalue weighted by Crippen LogP contribution is -2.47. The summed E-state index contributed by atoms with van der Waals surface area (Å²) in [5, 5.41) is 2.74. The highest BCUT2D eigenvalue weighted by molar-refractivity contribution is 7.92. The van der Waals surface area contributed by atoms with Gasteiger partial charge in [-0.1, -0.05) is 42.0 Å². The molecule has 0 fully saturated rings. The van der Waals surface area contributed by atoms with E-state index in [1.54, 1.807) is 19.9 Å². The standard InChI is InChI=1S/C24H32FN3O4S/c1-5-26-24(30)19(3)27(17-20-14-12-18(2)13-15-20)23(29)11-8-16-28(33(4,31)32)22-10-7-6-9-21(22)25/h6-7,9-10,12-15,19H,5,8,11,16-17H2,1-4H3,(H,26,30)/t19-/m1/s1. The Morgan fingerprint density at radius 1 is 1.09 bits per heavy atom. The summed E-state index contributed by atoms with van der Waals surface area (Å²) in [7, 11) is -3.74. The van der Waals surface area contributed by atoms with Gasteiger partial charge in [-0.05, 0) is 44.9 Å². The van der Waals surface area contributed by atoms with E-state index in [1.165, 1.54) is 23.1 Å². The van der Waals surface area contributed by atoms with Gasteiger partial charge in [0, 0.05) is 26.1 Å². The average Bonchev–Trinajstić information content (AvgIpc) is 2.76. The molecule has 0 aliphatic carbocycles. The average molecular weight is 478 g/mol. The Hall–Kier alpha value is -2.94. The van der Waals surface area contributed by atoms with Gasteiger partial charge in [-0.3, -0.25) is 13.9 Å². The van der Waals surface area contributed by atoms with Gasteiger partial charge in [-0.25, -0.2) is 12.8 Å². The number of carbonyl (C=O) groups excluding carboxylic acids is 2. The maximum Gasteiger partial charge on any atom is 0.242 e. The zero-order valence-electron chi connectivity index (χ0n) is 19.5. The Morgan fingerprint density at radius 3 is 2.30 bits per heavy atom. The van der Waals surface area contributed by atoms with E-state index in [0.717, 1.165) is 21.7 Å². The number of nitrogens with one attached hydrogen (secondary N) is 1. The van der Waals surface area contributed by atoms with Crippen molar-refractivity contribution in [3.8, 4) is 0 Å². The molecule has 9 heteroatoms. The van der Waals surface area contributed by atoms with Crippen molar-refractivity contribution in [2.45, 2.75) is 46.2 Å². The van der Waals surface area contributed by atoms with Gasteiger partial charge in [0.1, 0.15) is 11.9 Å². The van der Waals surface area contributed by atoms with Crippen molar-refractivity contribution in [3.05, 3.63) is 65.5 Å². The summed E-state index contributed by atoms with van der Waals surface area (Å²) in [4.78, 5) is 27.0. The van der Waals surface area contributed by atoms with Gasteiger partial charge in [-0.2, -0.15) is 0 Å². The lowest BCUT2D eigenvalue weighted by molar-refractivity contribution is -0.140. The number of nitrogens with zero attached hydrogens (tertiary/aromatic N) is 2. The van der Waals surface area contributed by atoms with Crippen LogP contribution in [0.2, 0.25) is 0 Å². The number of halogens is 1. The predicted octanol–water partition coefficient (Wildman–Crippen LogP) is 3.23. The third-order valence-electron chi connectivity index (χ3n) is 5.27. The van der Waals surface area contributed by atoms with Crippen molar-refractivity contribution in [3.63, 3.8) is 0 Å². The molecular weight excluding hydrogens is 445 g/mol. The first-order valence-corrected chi connectivity index (χ1v) is 12.7. The molecule has 0 spiro atoms. The molecule has 1 atom stereocenters. The van der Waals surface area contributed by atoms with E-state index in [2.05, 4.69) is 5.32 Å². The van der Waals surface area contributed by atoms with Crippen molar-refractivity contribution >= 4 is 27.5 Å². The minimum absolute atomic E-state index is 0.01000. The van der Waals surface area contributed by atoms with Crippen LogP contribution in [-0.2, 0) is 26.2 Å². The number of amides is 2. The van der Waals surface area contributed by atoms with Gasteiger partial charge < -0.3 is 10.2 Å². The zero-order chi connectivity index (χ0) is 24.6. The van der Waals surface area contributed by atoms with E-state index in [1.807, 2.05) is 31.2 Å². The van der Waals surface area contributed by atoms with Crippen LogP contribution in [0, 0.1) is 12.7 Å². The fraction of sp³-hybridized carbons (Fsp3) is 0.417. The maximum absolute atomic E-state index is 14.2. The first-order chi connectivity index (χ1) is 15.5. The molecule has 0 aliphatic rings. The van der Waals surface area contributed by atoms with Crippen molar-refractivity contribution in [1.82, 2.24) is 10.2 Å². The molecule has 0 heterocycles. The number of likely N-dealkylation sites (N-methyl/N-ethyl adjacent to an activating group) is 1. The zero-order valence-corrected chi connectivity index (χ0v) is 20.4. The fourth-order valence-corrected chi connectivity index (χ4v) is 4.40. The van der Waals surface area contributed by atoms with E-state index in [9.17, 15) is 22.4 Å². The molecule has 0 radical (unpaired) electrons. The molecule has 0 unspecified atom stereocenters. The number of aryl methyl sites for hydroxylation is 1. The molecule has 7 nitrogen and oxygen atoms in total. The number of carbonyl (C=O) groups is 2. The maximum atomic E-state index is 14.2. The van der Waals surface area contributed by atoms with Crippen molar-refractivity contribution in [2.75, 3.05) is 23.7 Å². The van der Waals surface area contributed by atoms with Crippen LogP contribution in [0.4, 0.5) is 10.1 Å². The molecule has 180 valence electrons. The largest absolute Gasteiger partial charge is 0.355 e. The minimum atomic E-state index is -3.74. The molecule has 0 aromatic heterocycles. The lowest BCUT2D eigenvalue weighted by atomic mass is 10.1. The number of sulfonamides is 1. The highest BCUT2D eigenvalue weighted by atomic mass is 32.2. The summed E-state index contributed by atoms with van der Waals surface area (Å²) in [6, 6.07) is 12.6. The molecule has 0 saturated carbocycles. The molecule has 2 aromatic rings. The molecule has 1 N–H and O–H groups in total. The summed E-state index contributed by atoms with van der Waals surface area (Å²) in [5.41, 5.74) is 1.91. The van der Waals surface area contributed by atoms with Crippen LogP contribution in [-0.4, -0.2) is 50.5 Å². The molecule has 33 heavy (non-hydrogen) atoms. The van der Waals surface area contributed by atoms with E-state index in [0.29, 0.717) is 6.54 Å². The van der Waals surface area contributed by atoms with Gasteiger partial charge in [0.2, 0.25) is 21.8 Å². The minimum Gasteiger partial charge on any atom is -0.355 e. The topological polar surface area (TPSA) is 86.8 Å². The molecule has 2 amide bonds. The first kappa shape index (κ1) is 26.3. The second kappa shape index (κ2) is 11.8. The SMILES string of the molecule is CCNC(=O)[C@@H](C)N(Cc1ccc(C)cc1)C(=O)CCCN(c1ccccc1F)S(C)(=O)=O. The number of hydrogen-bond acceptors (Lipinski definition) is 4. The number of benzene rings is 2. The molecule has 0 saturated heterocycles. The molecule has 2 aromatic carbocycles. The quantitative estimate of drug-likeness (QED) is 0.538. The Balaban J connectivity index is 2.15. The van der Waals surface area contributed by atoms with Crippen molar-refractivity contribution < 1.29 is 22.4 Å². The van der Waals surface area contributed by atoms with Crippen LogP contribution in [0.25, 0.3) is 0 Å². The van der Waals surface area contributed by atoms with E-state index >= 15 is 0 Å². The normalized spacial score (nSPS) is 12.2. The summed E-state index contributed by atoms with van der Waals surface area (Å²) in [6.45, 7) is 6.08. The van der Waals surface area contributed by atoms with Crippen LogP contribution in [0.3, 0.4) is 0 Å². The van der Waals surface area contributed by atoms with Crippen LogP contribution in [0.1, 0.15) is 37.8 Å². The lowest BCUT2D eigenvalue weighted by Gasteiger charge is -2.29. The fourth-order valence-electron chi connectivity index (χ4n) is 3.43. The highest BCUT2D eigenvalue weighted by Crippen LogP contribution is 2.22. The second-order valence-corrected chi connectivity index (χ2v) is 9.87. The van der Waals surface area contributed by atoms with Gasteiger partial charge in [0.15, 0.2) is 0 Å². The van der Waals surface area contributed by atoms with Crippen LogP contribution < -0.4 is 9.62 Å². The van der Waals surface area contributed by atoms with E-state index in [-0.39, 0.29) is 43.4 Å². The molecule has 2 rings (SSSR count). The smallest absolute Gasteiger partial charge is 0.242 e. The number of rotatable bonds is 11. The Labute approximate surface area is 195 Å². The van der Waals surface area contributed by atoms with Crippen LogP contribution in [0.15, 0.2) is 48.5 Å². The summed E-state index contributed by atoms with van der Waals surface area (Å²) in [5.74, 6) is -1.20. The van der Waals surface area contributed by atoms with E-state index < -0.39 is 21.9 Å². The van der Waals surface area contributed by atoms with Crippen LogP contribution in [0.5, 0.6) is 0 Å². The third-order valence-corrected chi connectivity index (χ3v) is 6.45. The summed E-state index contributed by atoms with van der Waals surface area (Å²) < 4.78 is 39.6. The Bertz CT molecular complexity index is 1060. The number of hydrogen-bond donors (Lipinski definition) is 1. The Kier molecular flexibility index (Phi) is 9.40. The predicted molar refractivity (Wildman–Crippen MR) is 128 cm³/mol. The van der Waals surface area contributed by atoms with Gasteiger partial charge in [-0.15, -0.1) is 0 Å². The van der Waals surface area contributed by atoms with E-state index in [4.69, 9.17) is 0 Å². The summed E-state index contributed by atoms with van der Waals surface area (Å²) >= 11 is 0. The van der Waals surface area contributed by atoms with Crippen molar-refractivity contribution in [1.29, 1.82) is 0 Å². The highest BCUT2D eigenvalue weighted by Gasteiger charge is 2.26. The van der Waals surface area contributed by atoms with Crippen LogP contribution >= 0.6 is 0 Å². The van der Waals surface area contributed by atoms with Crippen molar-refractivity contribution in [2.24, 2.45) is 0 Å². The second-order valence-electron chi connectivity index (χ2n) is 7.97. The van der Waals surface area contributed by atoms with Gasteiger partial charge in [0.25, 0.3) is 0 Å². The molecule has 0 aliphatic heterocycles. The number of anilines is 1. The van der Waals surface area contributed by atoms with Gasteiger partial charge in [0.05, 0.1) is 11.9 Å². The first-order valence-electron chi connectivity index (χ1n) is 10.9. The Morgan fingerprint density at radius 2 is 1.73 bits per heavy atom. The monoisotopic (exact) mass is 477 g/mol. The summed E-state index contributed by atoms with van der Waals surface area (Å²) in [6.07, 6.45) is 1.19. The third kappa shape index (κ3) is 7.56.